The lowest BCUT2D eigenvalue weighted by molar-refractivity contribution is -0.385. The Morgan fingerprint density at radius 2 is 1.97 bits per heavy atom. The summed E-state index contributed by atoms with van der Waals surface area (Å²) in [5, 5.41) is 14.9. The Labute approximate surface area is 179 Å². The lowest BCUT2D eigenvalue weighted by Gasteiger charge is -2.38. The summed E-state index contributed by atoms with van der Waals surface area (Å²) in [5.41, 5.74) is 1.24. The molecule has 0 radical (unpaired) electrons. The molecule has 0 fully saturated rings. The number of Topliss-reactive ketones (excluding diaryl/α,β-unsaturated/α-hetero) is 1. The number of rotatable bonds is 5. The predicted octanol–water partition coefficient (Wildman–Crippen LogP) is 2.77. The van der Waals surface area contributed by atoms with Crippen LogP contribution < -0.4 is 5.32 Å². The third-order valence-corrected chi connectivity index (χ3v) is 5.68. The Balaban J connectivity index is 2.27. The highest BCUT2D eigenvalue weighted by molar-refractivity contribution is 6.12. The minimum Gasteiger partial charge on any atom is -0.468 e. The van der Waals surface area contributed by atoms with E-state index in [0.29, 0.717) is 17.8 Å². The average molecular weight is 428 g/mol. The zero-order valence-corrected chi connectivity index (χ0v) is 17.8. The number of carbonyl (C=O) groups excluding carboxylic acids is 3. The topological polar surface area (TPSA) is 125 Å². The van der Waals surface area contributed by atoms with E-state index >= 15 is 0 Å². The number of nitro groups is 1. The van der Waals surface area contributed by atoms with Crippen LogP contribution in [-0.4, -0.2) is 36.4 Å². The normalized spacial score (nSPS) is 23.1. The molecule has 0 unspecified atom stereocenters. The fraction of sp³-hybridized carbons (Fsp3) is 0.409. The van der Waals surface area contributed by atoms with E-state index in [1.54, 1.807) is 26.8 Å². The summed E-state index contributed by atoms with van der Waals surface area (Å²) in [5.74, 6) is -4.29. The molecule has 3 atom stereocenters. The van der Waals surface area contributed by atoms with E-state index in [4.69, 9.17) is 9.47 Å². The molecule has 164 valence electrons. The van der Waals surface area contributed by atoms with Gasteiger partial charge < -0.3 is 14.8 Å². The summed E-state index contributed by atoms with van der Waals surface area (Å²) >= 11 is 0. The van der Waals surface area contributed by atoms with Gasteiger partial charge in [-0.15, -0.1) is 0 Å². The fourth-order valence-corrected chi connectivity index (χ4v) is 4.37. The van der Waals surface area contributed by atoms with Crippen LogP contribution in [0.2, 0.25) is 0 Å². The van der Waals surface area contributed by atoms with Crippen LogP contribution in [0.5, 0.6) is 0 Å². The molecule has 0 bridgehead atoms. The minimum atomic E-state index is -1.06. The molecule has 0 saturated heterocycles. The van der Waals surface area contributed by atoms with Gasteiger partial charge in [-0.05, 0) is 26.2 Å². The van der Waals surface area contributed by atoms with Crippen molar-refractivity contribution in [1.29, 1.82) is 0 Å². The molecule has 9 nitrogen and oxygen atoms in total. The van der Waals surface area contributed by atoms with Crippen LogP contribution in [0.25, 0.3) is 0 Å². The van der Waals surface area contributed by atoms with Crippen molar-refractivity contribution in [3.05, 3.63) is 62.5 Å². The zero-order chi connectivity index (χ0) is 22.9. The molecule has 0 saturated carbocycles. The van der Waals surface area contributed by atoms with Gasteiger partial charge in [0.2, 0.25) is 0 Å². The van der Waals surface area contributed by atoms with Gasteiger partial charge in [-0.25, -0.2) is 4.79 Å². The van der Waals surface area contributed by atoms with Crippen LogP contribution >= 0.6 is 0 Å². The summed E-state index contributed by atoms with van der Waals surface area (Å²) in [6, 6.07) is 5.96. The quantitative estimate of drug-likeness (QED) is 0.328. The molecular formula is C22H24N2O7. The van der Waals surface area contributed by atoms with Gasteiger partial charge in [-0.3, -0.25) is 19.7 Å². The molecule has 1 heterocycles. The highest BCUT2D eigenvalue weighted by Crippen LogP contribution is 2.47. The monoisotopic (exact) mass is 428 g/mol. The summed E-state index contributed by atoms with van der Waals surface area (Å²) < 4.78 is 10.0. The summed E-state index contributed by atoms with van der Waals surface area (Å²) in [4.78, 5) is 50.0. The van der Waals surface area contributed by atoms with E-state index < -0.39 is 34.5 Å². The van der Waals surface area contributed by atoms with Gasteiger partial charge in [0.1, 0.15) is 5.92 Å². The van der Waals surface area contributed by atoms with E-state index in [0.717, 1.165) is 0 Å². The van der Waals surface area contributed by atoms with Crippen molar-refractivity contribution in [2.75, 3.05) is 13.7 Å². The number of methoxy groups -OCH3 is 1. The van der Waals surface area contributed by atoms with E-state index in [9.17, 15) is 24.5 Å². The van der Waals surface area contributed by atoms with Crippen LogP contribution in [0, 0.1) is 22.0 Å². The predicted molar refractivity (Wildman–Crippen MR) is 110 cm³/mol. The smallest absolute Gasteiger partial charge is 0.336 e. The van der Waals surface area contributed by atoms with E-state index in [1.807, 2.05) is 0 Å². The summed E-state index contributed by atoms with van der Waals surface area (Å²) in [6.45, 7) is 5.18. The van der Waals surface area contributed by atoms with Crippen molar-refractivity contribution in [2.24, 2.45) is 11.8 Å². The van der Waals surface area contributed by atoms with Crippen molar-refractivity contribution in [1.82, 2.24) is 5.32 Å². The largest absolute Gasteiger partial charge is 0.468 e. The Morgan fingerprint density at radius 1 is 1.29 bits per heavy atom. The molecule has 3 rings (SSSR count). The van der Waals surface area contributed by atoms with Crippen LogP contribution in [0.3, 0.4) is 0 Å². The van der Waals surface area contributed by atoms with Crippen molar-refractivity contribution >= 4 is 23.4 Å². The van der Waals surface area contributed by atoms with Crippen LogP contribution in [0.4, 0.5) is 5.69 Å². The number of hydrogen-bond donors (Lipinski definition) is 1. The van der Waals surface area contributed by atoms with E-state index in [2.05, 4.69) is 5.32 Å². The van der Waals surface area contributed by atoms with Crippen LogP contribution in [0.1, 0.15) is 38.7 Å². The number of ketones is 1. The van der Waals surface area contributed by atoms with Crippen LogP contribution in [-0.2, 0) is 23.9 Å². The van der Waals surface area contributed by atoms with Crippen molar-refractivity contribution < 1.29 is 28.8 Å². The van der Waals surface area contributed by atoms with Gasteiger partial charge in [0.05, 0.1) is 30.1 Å². The number of hydrogen-bond acceptors (Lipinski definition) is 8. The third-order valence-electron chi connectivity index (χ3n) is 5.68. The Kier molecular flexibility index (Phi) is 6.24. The van der Waals surface area contributed by atoms with Gasteiger partial charge in [-0.2, -0.15) is 0 Å². The number of allylic oxidation sites excluding steroid dienone is 3. The first kappa shape index (κ1) is 22.2. The molecule has 0 spiro atoms. The molecule has 9 heteroatoms. The zero-order valence-electron chi connectivity index (χ0n) is 17.8. The Hall–Kier alpha value is -3.49. The Morgan fingerprint density at radius 3 is 2.58 bits per heavy atom. The first-order valence-electron chi connectivity index (χ1n) is 9.96. The first-order chi connectivity index (χ1) is 14.7. The molecule has 1 aromatic rings. The number of carbonyl (C=O) groups is 3. The second-order valence-electron chi connectivity index (χ2n) is 7.57. The maximum absolute atomic E-state index is 13.5. The number of esters is 2. The number of nitrogens with one attached hydrogen (secondary N) is 1. The Bertz CT molecular complexity index is 1020. The molecule has 1 aliphatic carbocycles. The number of ether oxygens (including phenoxy) is 2. The SMILES string of the molecule is CCOC(=O)C1=C(C)NC2=C(C(=O)[C@H](C(=O)OC)[C@H](C)C2)[C@H]1c1ccccc1[N+](=O)[O-]. The van der Waals surface area contributed by atoms with Gasteiger partial charge in [0, 0.05) is 28.6 Å². The molecule has 1 N–H and O–H groups in total. The molecule has 1 aromatic carbocycles. The maximum Gasteiger partial charge on any atom is 0.336 e. The lowest BCUT2D eigenvalue weighted by atomic mass is 9.69. The number of para-hydroxylation sites is 1. The lowest BCUT2D eigenvalue weighted by Crippen LogP contribution is -2.43. The highest BCUT2D eigenvalue weighted by Gasteiger charge is 2.48. The fourth-order valence-electron chi connectivity index (χ4n) is 4.37. The van der Waals surface area contributed by atoms with Gasteiger partial charge in [0.15, 0.2) is 5.78 Å². The molecule has 0 aromatic heterocycles. The van der Waals surface area contributed by atoms with E-state index in [-0.39, 0.29) is 34.9 Å². The molecule has 2 aliphatic rings. The van der Waals surface area contributed by atoms with Gasteiger partial charge in [-0.1, -0.05) is 25.1 Å². The number of nitro benzene ring substituents is 1. The second kappa shape index (κ2) is 8.71. The average Bonchev–Trinajstić information content (AvgIpc) is 2.72. The first-order valence-corrected chi connectivity index (χ1v) is 9.96. The van der Waals surface area contributed by atoms with Crippen molar-refractivity contribution in [2.45, 2.75) is 33.1 Å². The molecular weight excluding hydrogens is 404 g/mol. The molecule has 1 aliphatic heterocycles. The number of nitrogens with zero attached hydrogens (tertiary/aromatic N) is 1. The van der Waals surface area contributed by atoms with Crippen molar-refractivity contribution in [3.63, 3.8) is 0 Å². The minimum absolute atomic E-state index is 0.0981. The number of benzene rings is 1. The maximum atomic E-state index is 13.5. The number of dihydropyridines is 1. The highest BCUT2D eigenvalue weighted by atomic mass is 16.6. The third kappa shape index (κ3) is 3.83. The van der Waals surface area contributed by atoms with Gasteiger partial charge >= 0.3 is 11.9 Å². The summed E-state index contributed by atoms with van der Waals surface area (Å²) in [7, 11) is 1.21. The van der Waals surface area contributed by atoms with Crippen LogP contribution in [0.15, 0.2) is 46.8 Å². The van der Waals surface area contributed by atoms with Gasteiger partial charge in [0.25, 0.3) is 5.69 Å². The standard InChI is InChI=1S/C22H24N2O7/c1-5-31-22(27)17-12(3)23-14-10-11(2)16(21(26)30-4)20(25)19(14)18(17)13-8-6-7-9-15(13)24(28)29/h6-9,11,16,18,23H,5,10H2,1-4H3/t11-,16-,18+/m1/s1. The van der Waals surface area contributed by atoms with Crippen molar-refractivity contribution in [3.8, 4) is 0 Å². The summed E-state index contributed by atoms with van der Waals surface area (Å²) in [6.07, 6.45) is 0.353. The second-order valence-corrected chi connectivity index (χ2v) is 7.57. The van der Waals surface area contributed by atoms with E-state index in [1.165, 1.54) is 25.3 Å². The molecule has 31 heavy (non-hydrogen) atoms. The molecule has 0 amide bonds.